The first kappa shape index (κ1) is 25.8. The number of aliphatic hydroxyl groups is 1. The molecule has 1 aliphatic rings. The fraction of sp³-hybridized carbons (Fsp3) is 0.179. The smallest absolute Gasteiger partial charge is 0.338 e. The van der Waals surface area contributed by atoms with Crippen molar-refractivity contribution in [3.05, 3.63) is 94.0 Å². The first-order chi connectivity index (χ1) is 17.8. The number of nitrogens with zero attached hydrogens (tertiary/aromatic N) is 1. The predicted molar refractivity (Wildman–Crippen MR) is 138 cm³/mol. The molecule has 8 nitrogen and oxygen atoms in total. The van der Waals surface area contributed by atoms with Gasteiger partial charge in [-0.05, 0) is 67.9 Å². The molecule has 1 heterocycles. The van der Waals surface area contributed by atoms with Crippen LogP contribution in [0, 0.1) is 0 Å². The largest absolute Gasteiger partial charge is 0.508 e. The van der Waals surface area contributed by atoms with Gasteiger partial charge in [0.1, 0.15) is 17.3 Å². The lowest BCUT2D eigenvalue weighted by molar-refractivity contribution is -0.132. The normalized spacial score (nSPS) is 16.6. The average Bonchev–Trinajstić information content (AvgIpc) is 3.15. The van der Waals surface area contributed by atoms with Crippen LogP contribution < -0.4 is 9.64 Å². The Bertz CT molecular complexity index is 1420. The lowest BCUT2D eigenvalue weighted by Gasteiger charge is -2.26. The molecule has 1 fully saturated rings. The van der Waals surface area contributed by atoms with E-state index < -0.39 is 29.5 Å². The lowest BCUT2D eigenvalue weighted by Crippen LogP contribution is -2.29. The molecule has 1 saturated heterocycles. The van der Waals surface area contributed by atoms with Gasteiger partial charge in [-0.1, -0.05) is 29.8 Å². The third kappa shape index (κ3) is 5.01. The number of hydrogen-bond acceptors (Lipinski definition) is 7. The van der Waals surface area contributed by atoms with Crippen LogP contribution in [0.25, 0.3) is 5.76 Å². The number of phenols is 1. The maximum absolute atomic E-state index is 13.4. The second-order valence-corrected chi connectivity index (χ2v) is 8.52. The van der Waals surface area contributed by atoms with E-state index in [-0.39, 0.29) is 34.7 Å². The lowest BCUT2D eigenvalue weighted by atomic mass is 9.95. The zero-order valence-electron chi connectivity index (χ0n) is 20.1. The highest BCUT2D eigenvalue weighted by Crippen LogP contribution is 2.43. The first-order valence-electron chi connectivity index (χ1n) is 11.6. The van der Waals surface area contributed by atoms with E-state index in [1.165, 1.54) is 47.4 Å². The summed E-state index contributed by atoms with van der Waals surface area (Å²) in [4.78, 5) is 40.2. The van der Waals surface area contributed by atoms with Crippen molar-refractivity contribution in [2.45, 2.75) is 19.9 Å². The van der Waals surface area contributed by atoms with Crippen LogP contribution in [0.4, 0.5) is 5.69 Å². The van der Waals surface area contributed by atoms with Gasteiger partial charge in [0, 0.05) is 11.3 Å². The summed E-state index contributed by atoms with van der Waals surface area (Å²) in [6.45, 7) is 3.95. The molecule has 0 aromatic heterocycles. The van der Waals surface area contributed by atoms with Gasteiger partial charge in [-0.3, -0.25) is 14.5 Å². The van der Waals surface area contributed by atoms with E-state index in [9.17, 15) is 24.6 Å². The first-order valence-corrected chi connectivity index (χ1v) is 11.9. The number of rotatable bonds is 7. The molecule has 1 atom stereocenters. The number of esters is 1. The van der Waals surface area contributed by atoms with E-state index >= 15 is 0 Å². The van der Waals surface area contributed by atoms with Crippen LogP contribution in [-0.4, -0.2) is 41.1 Å². The Kier molecular flexibility index (Phi) is 7.50. The zero-order chi connectivity index (χ0) is 26.7. The molecule has 0 saturated carbocycles. The quantitative estimate of drug-likeness (QED) is 0.189. The average molecular weight is 522 g/mol. The van der Waals surface area contributed by atoms with Crippen LogP contribution in [-0.2, 0) is 14.3 Å². The van der Waals surface area contributed by atoms with Gasteiger partial charge < -0.3 is 19.7 Å². The van der Waals surface area contributed by atoms with Crippen molar-refractivity contribution in [3.8, 4) is 11.5 Å². The van der Waals surface area contributed by atoms with Crippen molar-refractivity contribution in [2.75, 3.05) is 18.1 Å². The van der Waals surface area contributed by atoms with E-state index in [0.29, 0.717) is 22.9 Å². The number of carbonyl (C=O) groups excluding carboxylic acids is 3. The van der Waals surface area contributed by atoms with Gasteiger partial charge in [0.05, 0.1) is 35.4 Å². The molecular formula is C28H24ClNO7. The van der Waals surface area contributed by atoms with Gasteiger partial charge >= 0.3 is 5.97 Å². The summed E-state index contributed by atoms with van der Waals surface area (Å²) in [6, 6.07) is 15.6. The maximum Gasteiger partial charge on any atom is 0.338 e. The van der Waals surface area contributed by atoms with Crippen molar-refractivity contribution in [3.63, 3.8) is 0 Å². The van der Waals surface area contributed by atoms with Crippen LogP contribution in [0.2, 0.25) is 5.02 Å². The van der Waals surface area contributed by atoms with E-state index in [1.54, 1.807) is 38.1 Å². The Hall–Kier alpha value is -4.30. The van der Waals surface area contributed by atoms with Crippen LogP contribution in [0.3, 0.4) is 0 Å². The number of Topliss-reactive ketones (excluding diaryl/α,β-unsaturated/α-hetero) is 1. The Balaban J connectivity index is 1.92. The van der Waals surface area contributed by atoms with E-state index in [2.05, 4.69) is 0 Å². The SMILES string of the molecule is CCOC(=O)c1cccc(N2C(=O)C(=O)/C(=C(/O)c3ccc(Cl)c(OCC)c3)C2c2cccc(O)c2)c1. The summed E-state index contributed by atoms with van der Waals surface area (Å²) in [7, 11) is 0. The van der Waals surface area contributed by atoms with Crippen molar-refractivity contribution in [2.24, 2.45) is 0 Å². The van der Waals surface area contributed by atoms with Crippen molar-refractivity contribution in [1.29, 1.82) is 0 Å². The topological polar surface area (TPSA) is 113 Å². The molecule has 37 heavy (non-hydrogen) atoms. The molecule has 1 unspecified atom stereocenters. The number of halogens is 1. The van der Waals surface area contributed by atoms with E-state index in [4.69, 9.17) is 21.1 Å². The molecule has 2 N–H and O–H groups in total. The van der Waals surface area contributed by atoms with Gasteiger partial charge in [0.2, 0.25) is 0 Å². The third-order valence-corrected chi connectivity index (χ3v) is 6.08. The Labute approximate surface area is 218 Å². The van der Waals surface area contributed by atoms with E-state index in [0.717, 1.165) is 0 Å². The van der Waals surface area contributed by atoms with Crippen LogP contribution in [0.15, 0.2) is 72.3 Å². The van der Waals surface area contributed by atoms with Gasteiger partial charge in [0.25, 0.3) is 11.7 Å². The fourth-order valence-electron chi connectivity index (χ4n) is 4.18. The summed E-state index contributed by atoms with van der Waals surface area (Å²) in [5.41, 5.74) is 0.834. The number of aromatic hydroxyl groups is 1. The van der Waals surface area contributed by atoms with Crippen LogP contribution >= 0.6 is 11.6 Å². The standard InChI is InChI=1S/C28H24ClNO7/c1-3-36-22-15-17(11-12-21(22)29)25(32)23-24(16-7-6-10-20(31)14-16)30(27(34)26(23)33)19-9-5-8-18(13-19)28(35)37-4-2/h5-15,24,31-32H,3-4H2,1-2H3/b25-23+. The van der Waals surface area contributed by atoms with Gasteiger partial charge in [-0.2, -0.15) is 0 Å². The number of ketones is 1. The molecule has 0 spiro atoms. The molecular weight excluding hydrogens is 498 g/mol. The Morgan fingerprint density at radius 2 is 1.73 bits per heavy atom. The number of aliphatic hydroxyl groups excluding tert-OH is 1. The number of anilines is 1. The molecule has 9 heteroatoms. The minimum absolute atomic E-state index is 0.0894. The summed E-state index contributed by atoms with van der Waals surface area (Å²) in [5.74, 6) is -2.64. The maximum atomic E-state index is 13.4. The fourth-order valence-corrected chi connectivity index (χ4v) is 4.35. The number of ether oxygens (including phenoxy) is 2. The van der Waals surface area contributed by atoms with Gasteiger partial charge in [-0.25, -0.2) is 4.79 Å². The van der Waals surface area contributed by atoms with Gasteiger partial charge in [0.15, 0.2) is 0 Å². The van der Waals surface area contributed by atoms with Crippen molar-refractivity contribution in [1.82, 2.24) is 0 Å². The molecule has 190 valence electrons. The minimum Gasteiger partial charge on any atom is -0.508 e. The van der Waals surface area contributed by atoms with E-state index in [1.807, 2.05) is 0 Å². The molecule has 3 aromatic carbocycles. The molecule has 0 bridgehead atoms. The highest BCUT2D eigenvalue weighted by atomic mass is 35.5. The molecule has 0 radical (unpaired) electrons. The third-order valence-electron chi connectivity index (χ3n) is 5.77. The van der Waals surface area contributed by atoms with Crippen LogP contribution in [0.1, 0.15) is 41.4 Å². The number of hydrogen-bond donors (Lipinski definition) is 2. The summed E-state index contributed by atoms with van der Waals surface area (Å²) >= 11 is 6.18. The molecule has 1 aliphatic heterocycles. The second kappa shape index (κ2) is 10.8. The Morgan fingerprint density at radius 1 is 0.973 bits per heavy atom. The number of carbonyl (C=O) groups is 3. The molecule has 0 aliphatic carbocycles. The Morgan fingerprint density at radius 3 is 2.43 bits per heavy atom. The molecule has 3 aromatic rings. The molecule has 4 rings (SSSR count). The second-order valence-electron chi connectivity index (χ2n) is 8.11. The number of amides is 1. The summed E-state index contributed by atoms with van der Waals surface area (Å²) in [5, 5.41) is 21.8. The van der Waals surface area contributed by atoms with Crippen molar-refractivity contribution >= 4 is 40.7 Å². The highest BCUT2D eigenvalue weighted by molar-refractivity contribution is 6.51. The predicted octanol–water partition coefficient (Wildman–Crippen LogP) is 5.25. The summed E-state index contributed by atoms with van der Waals surface area (Å²) in [6.07, 6.45) is 0. The minimum atomic E-state index is -1.10. The van der Waals surface area contributed by atoms with Crippen molar-refractivity contribution < 1.29 is 34.1 Å². The molecule has 1 amide bonds. The van der Waals surface area contributed by atoms with Gasteiger partial charge in [-0.15, -0.1) is 0 Å². The highest BCUT2D eigenvalue weighted by Gasteiger charge is 2.47. The van der Waals surface area contributed by atoms with Crippen LogP contribution in [0.5, 0.6) is 11.5 Å². The zero-order valence-corrected chi connectivity index (χ0v) is 20.9. The number of benzene rings is 3. The monoisotopic (exact) mass is 521 g/mol. The summed E-state index contributed by atoms with van der Waals surface area (Å²) < 4.78 is 10.6. The number of phenolic OH excluding ortho intramolecular Hbond substituents is 1.